The van der Waals surface area contributed by atoms with Crippen molar-refractivity contribution in [2.75, 3.05) is 0 Å². The van der Waals surface area contributed by atoms with Crippen molar-refractivity contribution in [3.05, 3.63) is 58.2 Å². The summed E-state index contributed by atoms with van der Waals surface area (Å²) in [5, 5.41) is 0. The molecule has 0 radical (unpaired) electrons. The van der Waals surface area contributed by atoms with Crippen LogP contribution in [0.1, 0.15) is 0 Å². The van der Waals surface area contributed by atoms with Gasteiger partial charge in [-0.2, -0.15) is 0 Å². The summed E-state index contributed by atoms with van der Waals surface area (Å²) >= 11 is -5.85. The predicted molar refractivity (Wildman–Crippen MR) is 68.2 cm³/mol. The van der Waals surface area contributed by atoms with Gasteiger partial charge in [-0.3, -0.25) is 0 Å². The summed E-state index contributed by atoms with van der Waals surface area (Å²) < 4.78 is 150. The summed E-state index contributed by atoms with van der Waals surface area (Å²) in [6.07, 6.45) is -1.28. The first-order valence-corrected chi connectivity index (χ1v) is 12.3. The monoisotopic (exact) mass is 552 g/mol. The molecular formula is C13H3BF10O4Zn2. The maximum atomic E-state index is 13.4. The molecule has 156 valence electrons. The van der Waals surface area contributed by atoms with Crippen molar-refractivity contribution in [2.24, 2.45) is 0 Å². The first-order chi connectivity index (χ1) is 14.0. The Morgan fingerprint density at radius 2 is 0.700 bits per heavy atom. The van der Waals surface area contributed by atoms with Crippen LogP contribution in [0.3, 0.4) is 0 Å². The van der Waals surface area contributed by atoms with E-state index in [0.717, 1.165) is 7.85 Å². The van der Waals surface area contributed by atoms with Gasteiger partial charge in [-0.05, 0) is 0 Å². The quantitative estimate of drug-likeness (QED) is 0.165. The molecule has 30 heavy (non-hydrogen) atoms. The molecule has 0 bridgehead atoms. The van der Waals surface area contributed by atoms with Crippen LogP contribution in [0.4, 0.5) is 43.9 Å². The van der Waals surface area contributed by atoms with E-state index >= 15 is 0 Å². The molecule has 0 amide bonds. The molecule has 0 atom stereocenters. The van der Waals surface area contributed by atoms with Crippen LogP contribution >= 0.6 is 0 Å². The van der Waals surface area contributed by atoms with Crippen molar-refractivity contribution in [2.45, 2.75) is 6.19 Å². The zero-order valence-corrected chi connectivity index (χ0v) is 20.3. The average Bonchev–Trinajstić information content (AvgIpc) is 2.72. The molecular weight excluding hydrogens is 552 g/mol. The van der Waals surface area contributed by atoms with Gasteiger partial charge in [-0.15, -0.1) is 0 Å². The van der Waals surface area contributed by atoms with Gasteiger partial charge < -0.3 is 0 Å². The summed E-state index contributed by atoms with van der Waals surface area (Å²) in [7, 11) is 1.15. The van der Waals surface area contributed by atoms with Crippen molar-refractivity contribution in [3.8, 4) is 11.5 Å². The average molecular weight is 555 g/mol. The van der Waals surface area contributed by atoms with Crippen molar-refractivity contribution in [1.82, 2.24) is 0 Å². The third-order valence-electron chi connectivity index (χ3n) is 3.35. The Morgan fingerprint density at radius 1 is 0.467 bits per heavy atom. The molecule has 0 aromatic heterocycles. The molecule has 0 N–H and O–H groups in total. The van der Waals surface area contributed by atoms with Gasteiger partial charge in [0.1, 0.15) is 0 Å². The Bertz CT molecular complexity index is 833. The number of hydrogen-bond acceptors (Lipinski definition) is 4. The van der Waals surface area contributed by atoms with E-state index in [2.05, 4.69) is 7.13 Å². The molecule has 0 aliphatic carbocycles. The summed E-state index contributed by atoms with van der Waals surface area (Å²) in [5.74, 6) is -25.5. The van der Waals surface area contributed by atoms with E-state index in [1.165, 1.54) is 0 Å². The van der Waals surface area contributed by atoms with Crippen molar-refractivity contribution >= 4 is 7.85 Å². The Kier molecular flexibility index (Phi) is 8.49. The molecule has 0 heterocycles. The molecule has 0 aliphatic heterocycles. The molecule has 2 rings (SSSR count). The van der Waals surface area contributed by atoms with Gasteiger partial charge >= 0.3 is 178 Å². The van der Waals surface area contributed by atoms with Gasteiger partial charge in [0.05, 0.1) is 0 Å². The summed E-state index contributed by atoms with van der Waals surface area (Å²) in [6.45, 7) is 0. The molecule has 2 aromatic carbocycles. The second-order valence-corrected chi connectivity index (χ2v) is 8.82. The third kappa shape index (κ3) is 5.06. The molecule has 0 saturated carbocycles. The normalized spacial score (nSPS) is 10.8. The Hall–Kier alpha value is -1.43. The van der Waals surface area contributed by atoms with E-state index in [-0.39, 0.29) is 0 Å². The van der Waals surface area contributed by atoms with Crippen LogP contribution in [0.25, 0.3) is 0 Å². The number of halogens is 10. The van der Waals surface area contributed by atoms with E-state index in [1.54, 1.807) is 0 Å². The van der Waals surface area contributed by atoms with Gasteiger partial charge in [0.15, 0.2) is 0 Å². The van der Waals surface area contributed by atoms with Crippen LogP contribution in [0.15, 0.2) is 0 Å². The molecule has 0 fully saturated rings. The van der Waals surface area contributed by atoms with Crippen LogP contribution in [0, 0.1) is 58.2 Å². The Balaban J connectivity index is 1.92. The summed E-state index contributed by atoms with van der Waals surface area (Å²) in [6, 6.07) is 0. The Morgan fingerprint density at radius 3 is 0.967 bits per heavy atom. The fourth-order valence-corrected chi connectivity index (χ4v) is 5.75. The van der Waals surface area contributed by atoms with Gasteiger partial charge in [-0.1, -0.05) is 0 Å². The zero-order valence-electron chi connectivity index (χ0n) is 14.4. The number of benzene rings is 2. The van der Waals surface area contributed by atoms with Crippen molar-refractivity contribution in [3.63, 3.8) is 0 Å². The van der Waals surface area contributed by atoms with Crippen LogP contribution in [-0.2, 0) is 42.8 Å². The molecule has 0 aliphatic rings. The second-order valence-electron chi connectivity index (χ2n) is 5.22. The minimum atomic E-state index is -2.93. The van der Waals surface area contributed by atoms with Crippen LogP contribution in [-0.4, -0.2) is 14.0 Å². The van der Waals surface area contributed by atoms with E-state index in [1.807, 2.05) is 0 Å². The molecule has 0 saturated heterocycles. The van der Waals surface area contributed by atoms with Gasteiger partial charge in [0.2, 0.25) is 0 Å². The van der Waals surface area contributed by atoms with E-state index < -0.39 is 112 Å². The number of rotatable bonds is 8. The molecule has 0 spiro atoms. The third-order valence-corrected chi connectivity index (χ3v) is 7.60. The van der Waals surface area contributed by atoms with Crippen molar-refractivity contribution in [1.29, 1.82) is 0 Å². The Labute approximate surface area is 177 Å². The fraction of sp³-hybridized carbons (Fsp3) is 0.0769. The standard InChI is InChI=1S/2C6HF5O.CH3BO2.2Zn/c2*7-1-2(8)4(10)6(12)5(11)3(1)9;2-1(3)4;;/h2*12H;1H,2H2;;/q;;-2;2*+2/p-2. The van der Waals surface area contributed by atoms with E-state index in [0.29, 0.717) is 0 Å². The van der Waals surface area contributed by atoms with Crippen LogP contribution < -0.4 is 7.13 Å². The van der Waals surface area contributed by atoms with Gasteiger partial charge in [0, 0.05) is 0 Å². The predicted octanol–water partition coefficient (Wildman–Crippen LogP) is 3.31. The van der Waals surface area contributed by atoms with Gasteiger partial charge in [-0.25, -0.2) is 0 Å². The zero-order chi connectivity index (χ0) is 22.7. The van der Waals surface area contributed by atoms with E-state index in [4.69, 9.17) is 7.13 Å². The molecule has 2 aromatic rings. The minimum absolute atomic E-state index is 1.15. The molecule has 0 unspecified atom stereocenters. The fourth-order valence-electron chi connectivity index (χ4n) is 1.85. The topological polar surface area (TPSA) is 36.9 Å². The van der Waals surface area contributed by atoms with E-state index in [9.17, 15) is 43.9 Å². The first-order valence-electron chi connectivity index (χ1n) is 7.50. The maximum absolute atomic E-state index is 13.4. The second kappa shape index (κ2) is 10.3. The summed E-state index contributed by atoms with van der Waals surface area (Å²) in [5.41, 5.74) is 0. The SMILES string of the molecule is BC([O][Zn][O]c1c(F)c(F)c(F)c(F)c1F)[O][Zn][O]c1c(F)c(F)c(F)c(F)c1F. The number of hydrogen-bond donors (Lipinski definition) is 0. The first kappa shape index (κ1) is 24.8. The van der Waals surface area contributed by atoms with Crippen molar-refractivity contribution < 1.29 is 93.9 Å². The molecule has 4 nitrogen and oxygen atoms in total. The summed E-state index contributed by atoms with van der Waals surface area (Å²) in [4.78, 5) is 0. The van der Waals surface area contributed by atoms with Gasteiger partial charge in [0.25, 0.3) is 0 Å². The van der Waals surface area contributed by atoms with Crippen LogP contribution in [0.5, 0.6) is 11.5 Å². The molecule has 17 heteroatoms. The van der Waals surface area contributed by atoms with Crippen LogP contribution in [0.2, 0.25) is 0 Å².